The number of nitrogens with one attached hydrogen (secondary N) is 1. The molecule has 0 radical (unpaired) electrons. The van der Waals surface area contributed by atoms with Crippen molar-refractivity contribution in [2.75, 3.05) is 38.6 Å². The highest BCUT2D eigenvalue weighted by Crippen LogP contribution is 2.32. The molecule has 1 N–H and O–H groups in total. The van der Waals surface area contributed by atoms with Gasteiger partial charge in [-0.05, 0) is 51.0 Å². The third-order valence-electron chi connectivity index (χ3n) is 5.01. The van der Waals surface area contributed by atoms with Crippen molar-refractivity contribution in [1.82, 2.24) is 20.0 Å². The molecule has 0 atom stereocenters. The summed E-state index contributed by atoms with van der Waals surface area (Å²) in [5, 5.41) is 8.47. The van der Waals surface area contributed by atoms with Crippen LogP contribution in [0, 0.1) is 0 Å². The first-order chi connectivity index (χ1) is 13.3. The molecule has 1 aliphatic heterocycles. The fourth-order valence-corrected chi connectivity index (χ4v) is 3.58. The average Bonchev–Trinajstić information content (AvgIpc) is 3.17. The Morgan fingerprint density at radius 3 is 2.93 bits per heavy atom. The van der Waals surface area contributed by atoms with Crippen LogP contribution in [-0.4, -0.2) is 53.3 Å². The summed E-state index contributed by atoms with van der Waals surface area (Å²) in [7, 11) is 1.65. The number of rotatable bonds is 7. The van der Waals surface area contributed by atoms with Gasteiger partial charge in [0.1, 0.15) is 29.0 Å². The van der Waals surface area contributed by atoms with Crippen LogP contribution in [0.1, 0.15) is 25.7 Å². The first kappa shape index (κ1) is 17.7. The van der Waals surface area contributed by atoms with Gasteiger partial charge >= 0.3 is 0 Å². The molecule has 7 nitrogen and oxygen atoms in total. The normalized spacial score (nSPS) is 15.1. The molecule has 1 fully saturated rings. The molecular weight excluding hydrogens is 342 g/mol. The van der Waals surface area contributed by atoms with Gasteiger partial charge in [0.15, 0.2) is 0 Å². The van der Waals surface area contributed by atoms with E-state index in [1.807, 2.05) is 24.3 Å². The zero-order valence-corrected chi connectivity index (χ0v) is 15.6. The van der Waals surface area contributed by atoms with E-state index in [9.17, 15) is 0 Å². The van der Waals surface area contributed by atoms with Crippen LogP contribution in [0.3, 0.4) is 0 Å². The largest absolute Gasteiger partial charge is 0.497 e. The Kier molecular flexibility index (Phi) is 5.48. The topological polar surface area (TPSA) is 76.3 Å². The second-order valence-corrected chi connectivity index (χ2v) is 6.85. The lowest BCUT2D eigenvalue weighted by atomic mass is 10.1. The summed E-state index contributed by atoms with van der Waals surface area (Å²) >= 11 is 0. The number of anilines is 1. The fraction of sp³-hybridized carbons (Fsp3) is 0.450. The molecule has 3 aromatic rings. The molecule has 1 aromatic carbocycles. The minimum atomic E-state index is 0.487. The molecule has 0 saturated carbocycles. The smallest absolute Gasteiger partial charge is 0.263 e. The van der Waals surface area contributed by atoms with E-state index in [-0.39, 0.29) is 0 Å². The highest BCUT2D eigenvalue weighted by molar-refractivity contribution is 5.97. The van der Waals surface area contributed by atoms with Gasteiger partial charge in [-0.3, -0.25) is 0 Å². The van der Waals surface area contributed by atoms with Crippen LogP contribution >= 0.6 is 0 Å². The van der Waals surface area contributed by atoms with E-state index in [4.69, 9.17) is 9.26 Å². The molecule has 7 heteroatoms. The van der Waals surface area contributed by atoms with Crippen molar-refractivity contribution in [2.45, 2.75) is 25.7 Å². The number of nitrogens with zero attached hydrogens (tertiary/aromatic N) is 4. The maximum atomic E-state index is 5.43. The lowest BCUT2D eigenvalue weighted by Crippen LogP contribution is -2.31. The molecule has 0 amide bonds. The van der Waals surface area contributed by atoms with E-state index in [1.165, 1.54) is 38.7 Å². The Morgan fingerprint density at radius 1 is 1.19 bits per heavy atom. The fourth-order valence-electron chi connectivity index (χ4n) is 3.58. The van der Waals surface area contributed by atoms with Crippen molar-refractivity contribution in [1.29, 1.82) is 0 Å². The van der Waals surface area contributed by atoms with E-state index in [0.29, 0.717) is 5.71 Å². The van der Waals surface area contributed by atoms with Gasteiger partial charge in [-0.15, -0.1) is 0 Å². The van der Waals surface area contributed by atoms with Crippen LogP contribution in [0.4, 0.5) is 5.82 Å². The predicted octanol–water partition coefficient (Wildman–Crippen LogP) is 3.58. The summed E-state index contributed by atoms with van der Waals surface area (Å²) in [6, 6.07) is 7.75. The van der Waals surface area contributed by atoms with Crippen LogP contribution in [0.15, 0.2) is 35.1 Å². The van der Waals surface area contributed by atoms with Gasteiger partial charge in [0.25, 0.3) is 5.71 Å². The molecule has 0 bridgehead atoms. The van der Waals surface area contributed by atoms with Gasteiger partial charge in [0.05, 0.1) is 7.11 Å². The minimum Gasteiger partial charge on any atom is -0.497 e. The predicted molar refractivity (Wildman–Crippen MR) is 105 cm³/mol. The molecule has 1 aliphatic rings. The Labute approximate surface area is 158 Å². The zero-order chi connectivity index (χ0) is 18.5. The maximum Gasteiger partial charge on any atom is 0.263 e. The Morgan fingerprint density at radius 2 is 2.07 bits per heavy atom. The van der Waals surface area contributed by atoms with E-state index in [2.05, 4.69) is 25.3 Å². The van der Waals surface area contributed by atoms with Crippen molar-refractivity contribution < 1.29 is 9.26 Å². The molecular formula is C20H25N5O2. The van der Waals surface area contributed by atoms with Crippen LogP contribution in [0.2, 0.25) is 0 Å². The highest BCUT2D eigenvalue weighted by Gasteiger charge is 2.17. The standard InChI is InChI=1S/C20H25N5O2/c1-26-16-8-5-7-15(13-16)18-17-19(22-14-23-20(17)27-24-18)21-9-6-12-25-10-3-2-4-11-25/h5,7-8,13-14H,2-4,6,9-12H2,1H3,(H,21,22,23). The molecule has 2 aromatic heterocycles. The van der Waals surface area contributed by atoms with E-state index < -0.39 is 0 Å². The van der Waals surface area contributed by atoms with Crippen molar-refractivity contribution in [3.63, 3.8) is 0 Å². The maximum absolute atomic E-state index is 5.43. The molecule has 4 rings (SSSR count). The summed E-state index contributed by atoms with van der Waals surface area (Å²) in [6.07, 6.45) is 6.60. The molecule has 142 valence electrons. The van der Waals surface area contributed by atoms with E-state index in [1.54, 1.807) is 7.11 Å². The lowest BCUT2D eigenvalue weighted by molar-refractivity contribution is 0.228. The number of hydrogen-bond acceptors (Lipinski definition) is 7. The SMILES string of the molecule is COc1cccc(-c2noc3ncnc(NCCCN4CCCCC4)c23)c1. The molecule has 0 unspecified atom stereocenters. The zero-order valence-electron chi connectivity index (χ0n) is 15.6. The second kappa shape index (κ2) is 8.35. The number of aromatic nitrogens is 3. The number of benzene rings is 1. The number of likely N-dealkylation sites (tertiary alicyclic amines) is 1. The quantitative estimate of drug-likeness (QED) is 0.640. The van der Waals surface area contributed by atoms with Gasteiger partial charge in [-0.25, -0.2) is 4.98 Å². The monoisotopic (exact) mass is 367 g/mol. The van der Waals surface area contributed by atoms with Crippen LogP contribution in [-0.2, 0) is 0 Å². The third kappa shape index (κ3) is 4.03. The highest BCUT2D eigenvalue weighted by atomic mass is 16.5. The summed E-state index contributed by atoms with van der Waals surface area (Å²) in [5.74, 6) is 1.54. The van der Waals surface area contributed by atoms with Gasteiger partial charge in [-0.1, -0.05) is 23.7 Å². The Balaban J connectivity index is 1.50. The van der Waals surface area contributed by atoms with Crippen molar-refractivity contribution in [2.24, 2.45) is 0 Å². The van der Waals surface area contributed by atoms with E-state index in [0.717, 1.165) is 47.7 Å². The first-order valence-electron chi connectivity index (χ1n) is 9.56. The van der Waals surface area contributed by atoms with Gasteiger partial charge < -0.3 is 19.5 Å². The lowest BCUT2D eigenvalue weighted by Gasteiger charge is -2.26. The van der Waals surface area contributed by atoms with Gasteiger partial charge in [0.2, 0.25) is 0 Å². The molecule has 0 spiro atoms. The summed E-state index contributed by atoms with van der Waals surface area (Å²) in [6.45, 7) is 4.42. The number of methoxy groups -OCH3 is 1. The molecule has 27 heavy (non-hydrogen) atoms. The second-order valence-electron chi connectivity index (χ2n) is 6.85. The first-order valence-corrected chi connectivity index (χ1v) is 9.56. The number of hydrogen-bond donors (Lipinski definition) is 1. The van der Waals surface area contributed by atoms with Crippen molar-refractivity contribution in [3.8, 4) is 17.0 Å². The molecule has 0 aliphatic carbocycles. The van der Waals surface area contributed by atoms with Crippen LogP contribution in [0.5, 0.6) is 5.75 Å². The number of fused-ring (bicyclic) bond motifs is 1. The number of ether oxygens (including phenoxy) is 1. The van der Waals surface area contributed by atoms with Crippen LogP contribution in [0.25, 0.3) is 22.4 Å². The third-order valence-corrected chi connectivity index (χ3v) is 5.01. The van der Waals surface area contributed by atoms with Gasteiger partial charge in [-0.2, -0.15) is 4.98 Å². The minimum absolute atomic E-state index is 0.487. The number of piperidine rings is 1. The molecule has 3 heterocycles. The molecule has 1 saturated heterocycles. The summed E-state index contributed by atoms with van der Waals surface area (Å²) in [5.41, 5.74) is 2.13. The van der Waals surface area contributed by atoms with Crippen LogP contribution < -0.4 is 10.1 Å². The summed E-state index contributed by atoms with van der Waals surface area (Å²) < 4.78 is 10.8. The average molecular weight is 367 g/mol. The van der Waals surface area contributed by atoms with Crippen molar-refractivity contribution in [3.05, 3.63) is 30.6 Å². The Bertz CT molecular complexity index is 889. The van der Waals surface area contributed by atoms with Gasteiger partial charge in [0, 0.05) is 12.1 Å². The van der Waals surface area contributed by atoms with E-state index >= 15 is 0 Å². The summed E-state index contributed by atoms with van der Waals surface area (Å²) in [4.78, 5) is 11.2. The van der Waals surface area contributed by atoms with Crippen molar-refractivity contribution >= 4 is 16.9 Å². The Hall–Kier alpha value is -2.67.